The molecule has 0 aromatic carbocycles. The molecular weight excluding hydrogens is 312 g/mol. The molecule has 0 unspecified atom stereocenters. The molecule has 5 aliphatic rings. The maximum Gasteiger partial charge on any atom is -0.00967 e. The van der Waals surface area contributed by atoms with Gasteiger partial charge in [0.25, 0.3) is 0 Å². The molecule has 0 aromatic heterocycles. The average Bonchev–Trinajstić information content (AvgIpc) is 3.39. The summed E-state index contributed by atoms with van der Waals surface area (Å²) >= 11 is 0. The second-order valence-corrected chi connectivity index (χ2v) is 9.46. The van der Waals surface area contributed by atoms with E-state index in [2.05, 4.69) is 51.4 Å². The summed E-state index contributed by atoms with van der Waals surface area (Å²) in [6.07, 6.45) is 36.5. The fourth-order valence-electron chi connectivity index (χ4n) is 7.61. The van der Waals surface area contributed by atoms with Crippen LogP contribution in [-0.4, -0.2) is 0 Å². The molecule has 0 spiro atoms. The number of hydrogen-bond acceptors (Lipinski definition) is 0. The monoisotopic (exact) mass is 346 g/mol. The number of rotatable bonds is 4. The molecule has 0 aliphatic heterocycles. The zero-order valence-electron chi connectivity index (χ0n) is 16.3. The van der Waals surface area contributed by atoms with Crippen molar-refractivity contribution in [3.63, 3.8) is 0 Å². The molecule has 0 N–H and O–H groups in total. The first-order valence-corrected chi connectivity index (χ1v) is 11.3. The molecule has 0 saturated heterocycles. The van der Waals surface area contributed by atoms with Crippen LogP contribution in [0, 0.1) is 85.9 Å². The predicted octanol–water partition coefficient (Wildman–Crippen LogP) is 6.72. The van der Waals surface area contributed by atoms with Crippen molar-refractivity contribution in [2.75, 3.05) is 0 Å². The van der Waals surface area contributed by atoms with Crippen molar-refractivity contribution in [1.82, 2.24) is 0 Å². The van der Waals surface area contributed by atoms with Gasteiger partial charge >= 0.3 is 0 Å². The van der Waals surface area contributed by atoms with Gasteiger partial charge in [0.15, 0.2) is 0 Å². The van der Waals surface area contributed by atoms with E-state index in [1.165, 1.54) is 77.0 Å². The van der Waals surface area contributed by atoms with Crippen LogP contribution in [0.1, 0.15) is 77.0 Å². The predicted molar refractivity (Wildman–Crippen MR) is 108 cm³/mol. The molecule has 0 heterocycles. The van der Waals surface area contributed by atoms with Gasteiger partial charge in [-0.25, -0.2) is 0 Å². The molecule has 5 rings (SSSR count). The van der Waals surface area contributed by atoms with E-state index in [1.807, 2.05) is 0 Å². The quantitative estimate of drug-likeness (QED) is 0.530. The first-order chi connectivity index (χ1) is 12.9. The lowest BCUT2D eigenvalue weighted by Crippen LogP contribution is -2.64. The minimum Gasteiger partial charge on any atom is -0.0533 e. The first kappa shape index (κ1) is 18.1. The first-order valence-electron chi connectivity index (χ1n) is 11.3. The Labute approximate surface area is 163 Å². The normalized spacial score (nSPS) is 41.5. The molecule has 0 amide bonds. The lowest BCUT2D eigenvalue weighted by atomic mass is 9.32. The summed E-state index contributed by atoms with van der Waals surface area (Å²) in [5.41, 5.74) is 0.820. The van der Waals surface area contributed by atoms with Gasteiger partial charge in [-0.3, -0.25) is 0 Å². The fraction of sp³-hybridized carbons (Fsp3) is 0.615. The van der Waals surface area contributed by atoms with Gasteiger partial charge in [0.05, 0.1) is 0 Å². The van der Waals surface area contributed by atoms with Crippen LogP contribution in [0.5, 0.6) is 0 Å². The molecular formula is C26H34. The van der Waals surface area contributed by atoms with E-state index < -0.39 is 0 Å². The van der Waals surface area contributed by atoms with Crippen LogP contribution in [0.25, 0.3) is 0 Å². The highest BCUT2D eigenvalue weighted by Crippen LogP contribution is 2.77. The van der Waals surface area contributed by atoms with E-state index in [0.29, 0.717) is 10.8 Å². The lowest BCUT2D eigenvalue weighted by molar-refractivity contribution is -0.145. The molecule has 2 atom stereocenters. The maximum atomic E-state index is 2.48. The third kappa shape index (κ3) is 2.59. The van der Waals surface area contributed by atoms with Crippen molar-refractivity contribution in [3.05, 3.63) is 63.2 Å². The smallest absolute Gasteiger partial charge is 0.00967 e. The van der Waals surface area contributed by atoms with Gasteiger partial charge < -0.3 is 0 Å². The topological polar surface area (TPSA) is 0 Å². The molecule has 138 valence electrons. The molecule has 5 aliphatic carbocycles. The highest BCUT2D eigenvalue weighted by atomic mass is 14.7. The Bertz CT molecular complexity index is 412. The van der Waals surface area contributed by atoms with E-state index in [1.54, 1.807) is 11.8 Å². The molecule has 0 nitrogen and oxygen atoms in total. The van der Waals surface area contributed by atoms with E-state index in [0.717, 1.165) is 11.8 Å². The van der Waals surface area contributed by atoms with E-state index in [9.17, 15) is 0 Å². The Morgan fingerprint density at radius 1 is 0.500 bits per heavy atom. The van der Waals surface area contributed by atoms with Crippen molar-refractivity contribution >= 4 is 0 Å². The average molecular weight is 347 g/mol. The summed E-state index contributed by atoms with van der Waals surface area (Å²) < 4.78 is 0. The Morgan fingerprint density at radius 3 is 1.15 bits per heavy atom. The van der Waals surface area contributed by atoms with E-state index >= 15 is 0 Å². The Morgan fingerprint density at radius 2 is 0.846 bits per heavy atom. The van der Waals surface area contributed by atoms with Crippen LogP contribution >= 0.6 is 0 Å². The zero-order valence-corrected chi connectivity index (χ0v) is 16.3. The van der Waals surface area contributed by atoms with Crippen molar-refractivity contribution in [2.24, 2.45) is 22.7 Å². The second kappa shape index (κ2) is 7.44. The van der Waals surface area contributed by atoms with Crippen LogP contribution in [0.2, 0.25) is 0 Å². The van der Waals surface area contributed by atoms with Crippen molar-refractivity contribution in [1.29, 1.82) is 0 Å². The van der Waals surface area contributed by atoms with Crippen LogP contribution in [0.15, 0.2) is 0 Å². The van der Waals surface area contributed by atoms with E-state index in [-0.39, 0.29) is 0 Å². The molecule has 0 aromatic rings. The summed E-state index contributed by atoms with van der Waals surface area (Å²) in [5, 5.41) is 0. The molecule has 26 heavy (non-hydrogen) atoms. The number of hydrogen-bond donors (Lipinski definition) is 0. The van der Waals surface area contributed by atoms with Gasteiger partial charge in [0.1, 0.15) is 0 Å². The molecule has 5 saturated carbocycles. The Kier molecular flexibility index (Phi) is 5.17. The van der Waals surface area contributed by atoms with Gasteiger partial charge in [-0.05, 0) is 124 Å². The minimum atomic E-state index is 0.410. The van der Waals surface area contributed by atoms with Crippen molar-refractivity contribution < 1.29 is 0 Å². The van der Waals surface area contributed by atoms with Gasteiger partial charge in [0, 0.05) is 0 Å². The molecule has 0 bridgehead atoms. The summed E-state index contributed by atoms with van der Waals surface area (Å²) in [5.74, 6) is 5.15. The largest absolute Gasteiger partial charge is 0.0533 e. The zero-order chi connectivity index (χ0) is 17.5. The molecule has 10 radical (unpaired) electrons. The Balaban J connectivity index is 1.56. The summed E-state index contributed by atoms with van der Waals surface area (Å²) in [7, 11) is 0. The summed E-state index contributed by atoms with van der Waals surface area (Å²) in [4.78, 5) is 0. The van der Waals surface area contributed by atoms with Crippen LogP contribution < -0.4 is 0 Å². The third-order valence-corrected chi connectivity index (χ3v) is 8.67. The highest BCUT2D eigenvalue weighted by molar-refractivity contribution is 5.51. The van der Waals surface area contributed by atoms with Crippen molar-refractivity contribution in [2.45, 2.75) is 77.0 Å². The van der Waals surface area contributed by atoms with Crippen molar-refractivity contribution in [3.8, 4) is 0 Å². The Hall–Kier alpha value is 0. The standard InChI is InChI=1S/C26H34/c1-3-11-21(12-4-1)25(23-15-7-8-16-23)19-20-26(25,24-17-9-10-18-24)22-13-5-2-6-14-22/h7-10,15-18,21-22H,1-6,11-14,19-20H2/t25-,26+. The SMILES string of the molecule is [CH]1[CH][CH][C]([C@]2(C3CCCCC3)CC[C@@]2([C]2[CH][CH][CH][CH]2)C2CCCCC2)[CH]1. The highest BCUT2D eigenvalue weighted by Gasteiger charge is 2.70. The van der Waals surface area contributed by atoms with Crippen LogP contribution in [0.4, 0.5) is 0 Å². The molecule has 0 heteroatoms. The van der Waals surface area contributed by atoms with Gasteiger partial charge in [0.2, 0.25) is 0 Å². The van der Waals surface area contributed by atoms with Gasteiger partial charge in [-0.15, -0.1) is 0 Å². The fourth-order valence-corrected chi connectivity index (χ4v) is 7.61. The van der Waals surface area contributed by atoms with Crippen LogP contribution in [0.3, 0.4) is 0 Å². The third-order valence-electron chi connectivity index (χ3n) is 8.67. The van der Waals surface area contributed by atoms with Crippen LogP contribution in [-0.2, 0) is 0 Å². The van der Waals surface area contributed by atoms with Gasteiger partial charge in [-0.1, -0.05) is 38.5 Å². The second-order valence-electron chi connectivity index (χ2n) is 9.46. The minimum absolute atomic E-state index is 0.410. The van der Waals surface area contributed by atoms with E-state index in [4.69, 9.17) is 0 Å². The summed E-state index contributed by atoms with van der Waals surface area (Å²) in [6.45, 7) is 0. The lowest BCUT2D eigenvalue weighted by Gasteiger charge is -2.71. The maximum absolute atomic E-state index is 2.48. The van der Waals surface area contributed by atoms with Gasteiger partial charge in [-0.2, -0.15) is 0 Å². The summed E-state index contributed by atoms with van der Waals surface area (Å²) in [6, 6.07) is 0. The molecule has 5 fully saturated rings.